The molecule has 1 amide bonds. The van der Waals surface area contributed by atoms with Gasteiger partial charge in [0.05, 0.1) is 6.33 Å². The predicted molar refractivity (Wildman–Crippen MR) is 89.4 cm³/mol. The zero-order chi connectivity index (χ0) is 19.9. The molecule has 0 aliphatic carbocycles. The summed E-state index contributed by atoms with van der Waals surface area (Å²) in [6.07, 6.45) is -4.50. The Morgan fingerprint density at radius 3 is 2.81 bits per heavy atom. The molecule has 7 N–H and O–H groups in total. The van der Waals surface area contributed by atoms with Crippen molar-refractivity contribution < 1.29 is 24.9 Å². The number of aromatic nitrogens is 4. The Morgan fingerprint density at radius 2 is 2.22 bits per heavy atom. The quantitative estimate of drug-likeness (QED) is 0.376. The van der Waals surface area contributed by atoms with E-state index in [1.807, 2.05) is 6.92 Å². The van der Waals surface area contributed by atoms with E-state index in [0.717, 1.165) is 0 Å². The zero-order valence-electron chi connectivity index (χ0n) is 14.3. The lowest BCUT2D eigenvalue weighted by atomic mass is 9.96. The topological polar surface area (TPSA) is 206 Å². The highest BCUT2D eigenvalue weighted by Crippen LogP contribution is 2.42. The largest absolute Gasteiger partial charge is 0.387 e. The standard InChI is InChI=1S/C15H19N7O5/c1-2-3-15(11(25)8(23)10(27-15)9(24)13(18)26)22-5-19-7-12(17)20-6(4-16)21-14(7)22/h5,8-11,23-25H,2-3H2,1H3,(H2,18,26)(H2,17,20,21)/t8-,9?,10+,11-,15-/m1/s1. The van der Waals surface area contributed by atoms with Gasteiger partial charge < -0.3 is 31.5 Å². The van der Waals surface area contributed by atoms with Crippen molar-refractivity contribution in [2.24, 2.45) is 5.73 Å². The van der Waals surface area contributed by atoms with Gasteiger partial charge in [0, 0.05) is 0 Å². The molecule has 1 unspecified atom stereocenters. The number of aliphatic hydroxyl groups excluding tert-OH is 3. The molecule has 1 aliphatic heterocycles. The summed E-state index contributed by atoms with van der Waals surface area (Å²) < 4.78 is 7.12. The summed E-state index contributed by atoms with van der Waals surface area (Å²) in [7, 11) is 0. The number of nitrogens with two attached hydrogens (primary N) is 2. The molecule has 2 aromatic heterocycles. The summed E-state index contributed by atoms with van der Waals surface area (Å²) in [5.74, 6) is -1.36. The molecule has 1 fully saturated rings. The van der Waals surface area contributed by atoms with Crippen LogP contribution in [0.25, 0.3) is 11.2 Å². The number of aliphatic hydroxyl groups is 3. The average molecular weight is 377 g/mol. The van der Waals surface area contributed by atoms with Gasteiger partial charge in [-0.15, -0.1) is 0 Å². The van der Waals surface area contributed by atoms with Crippen LogP contribution < -0.4 is 11.5 Å². The Morgan fingerprint density at radius 1 is 1.52 bits per heavy atom. The van der Waals surface area contributed by atoms with E-state index in [0.29, 0.717) is 6.42 Å². The van der Waals surface area contributed by atoms with Gasteiger partial charge in [-0.1, -0.05) is 13.3 Å². The third kappa shape index (κ3) is 2.77. The van der Waals surface area contributed by atoms with Crippen LogP contribution >= 0.6 is 0 Å². The number of nitriles is 1. The van der Waals surface area contributed by atoms with Crippen molar-refractivity contribution >= 4 is 22.9 Å². The van der Waals surface area contributed by atoms with Crippen molar-refractivity contribution in [3.63, 3.8) is 0 Å². The summed E-state index contributed by atoms with van der Waals surface area (Å²) in [6.45, 7) is 1.81. The van der Waals surface area contributed by atoms with Gasteiger partial charge in [0.25, 0.3) is 0 Å². The number of nitrogen functional groups attached to an aromatic ring is 1. The molecule has 144 valence electrons. The minimum Gasteiger partial charge on any atom is -0.387 e. The van der Waals surface area contributed by atoms with Crippen molar-refractivity contribution in [3.8, 4) is 6.07 Å². The molecule has 1 saturated heterocycles. The average Bonchev–Trinajstić information content (AvgIpc) is 3.17. The first-order valence-electron chi connectivity index (χ1n) is 8.19. The van der Waals surface area contributed by atoms with Gasteiger partial charge in [0.1, 0.15) is 29.9 Å². The number of nitrogens with zero attached hydrogens (tertiary/aromatic N) is 5. The van der Waals surface area contributed by atoms with Crippen LogP contribution in [-0.2, 0) is 15.3 Å². The Kier molecular flexibility index (Phi) is 4.70. The molecule has 12 nitrogen and oxygen atoms in total. The molecule has 0 saturated carbocycles. The first kappa shape index (κ1) is 18.9. The third-order valence-electron chi connectivity index (χ3n) is 4.60. The number of carbonyl (C=O) groups is 1. The second-order valence-electron chi connectivity index (χ2n) is 6.29. The molecular weight excluding hydrogens is 358 g/mol. The molecule has 0 radical (unpaired) electrons. The van der Waals surface area contributed by atoms with E-state index in [1.165, 1.54) is 10.9 Å². The van der Waals surface area contributed by atoms with Crippen molar-refractivity contribution in [1.29, 1.82) is 5.26 Å². The molecule has 3 heterocycles. The molecule has 2 aromatic rings. The van der Waals surface area contributed by atoms with Gasteiger partial charge in [-0.25, -0.2) is 4.98 Å². The maximum Gasteiger partial charge on any atom is 0.249 e. The van der Waals surface area contributed by atoms with Gasteiger partial charge in [-0.05, 0) is 6.42 Å². The molecule has 27 heavy (non-hydrogen) atoms. The second kappa shape index (κ2) is 6.71. The van der Waals surface area contributed by atoms with E-state index >= 15 is 0 Å². The monoisotopic (exact) mass is 377 g/mol. The van der Waals surface area contributed by atoms with Gasteiger partial charge in [-0.2, -0.15) is 15.2 Å². The molecule has 5 atom stereocenters. The second-order valence-corrected chi connectivity index (χ2v) is 6.29. The van der Waals surface area contributed by atoms with Gasteiger partial charge in [0.15, 0.2) is 23.3 Å². The summed E-state index contributed by atoms with van der Waals surface area (Å²) >= 11 is 0. The minimum absolute atomic E-state index is 0.0382. The summed E-state index contributed by atoms with van der Waals surface area (Å²) in [5, 5.41) is 40.2. The fourth-order valence-electron chi connectivity index (χ4n) is 3.37. The maximum absolute atomic E-state index is 11.3. The maximum atomic E-state index is 11.3. The number of amides is 1. The van der Waals surface area contributed by atoms with E-state index in [1.54, 1.807) is 6.07 Å². The number of ether oxygens (including phenoxy) is 1. The Labute approximate surface area is 153 Å². The van der Waals surface area contributed by atoms with E-state index in [2.05, 4.69) is 15.0 Å². The lowest BCUT2D eigenvalue weighted by molar-refractivity contribution is -0.168. The van der Waals surface area contributed by atoms with Crippen LogP contribution in [0.4, 0.5) is 5.82 Å². The van der Waals surface area contributed by atoms with Crippen molar-refractivity contribution in [2.45, 2.75) is 49.9 Å². The Balaban J connectivity index is 2.19. The normalized spacial score (nSPS) is 28.9. The lowest BCUT2D eigenvalue weighted by Gasteiger charge is -2.33. The number of hydrogen-bond donors (Lipinski definition) is 5. The molecule has 12 heteroatoms. The number of fused-ring (bicyclic) bond motifs is 1. The molecular formula is C15H19N7O5. The fraction of sp³-hybridized carbons (Fsp3) is 0.533. The van der Waals surface area contributed by atoms with Crippen molar-refractivity contribution in [3.05, 3.63) is 12.2 Å². The van der Waals surface area contributed by atoms with Gasteiger partial charge in [-0.3, -0.25) is 9.36 Å². The van der Waals surface area contributed by atoms with Crippen LogP contribution in [0.15, 0.2) is 6.33 Å². The van der Waals surface area contributed by atoms with Crippen molar-refractivity contribution in [1.82, 2.24) is 19.5 Å². The Hall–Kier alpha value is -2.85. The molecule has 1 aliphatic rings. The van der Waals surface area contributed by atoms with Crippen LogP contribution in [0, 0.1) is 11.3 Å². The first-order chi connectivity index (χ1) is 12.8. The molecule has 0 bridgehead atoms. The van der Waals surface area contributed by atoms with Crippen molar-refractivity contribution in [2.75, 3.05) is 5.73 Å². The lowest BCUT2D eigenvalue weighted by Crippen LogP contribution is -2.46. The Bertz CT molecular complexity index is 925. The molecule has 0 aromatic carbocycles. The fourth-order valence-corrected chi connectivity index (χ4v) is 3.37. The van der Waals surface area contributed by atoms with Crippen LogP contribution in [0.3, 0.4) is 0 Å². The smallest absolute Gasteiger partial charge is 0.249 e. The zero-order valence-corrected chi connectivity index (χ0v) is 14.3. The third-order valence-corrected chi connectivity index (χ3v) is 4.60. The number of primary amides is 1. The summed E-state index contributed by atoms with van der Waals surface area (Å²) in [6, 6.07) is 1.78. The van der Waals surface area contributed by atoms with Crippen LogP contribution in [0.5, 0.6) is 0 Å². The van der Waals surface area contributed by atoms with Gasteiger partial charge >= 0.3 is 0 Å². The number of anilines is 1. The van der Waals surface area contributed by atoms with E-state index in [4.69, 9.17) is 21.5 Å². The summed E-state index contributed by atoms with van der Waals surface area (Å²) in [4.78, 5) is 23.3. The highest BCUT2D eigenvalue weighted by molar-refractivity contribution is 5.82. The van der Waals surface area contributed by atoms with E-state index < -0.39 is 36.0 Å². The van der Waals surface area contributed by atoms with Crippen LogP contribution in [0.2, 0.25) is 0 Å². The highest BCUT2D eigenvalue weighted by atomic mass is 16.6. The predicted octanol–water partition coefficient (Wildman–Crippen LogP) is -2.30. The summed E-state index contributed by atoms with van der Waals surface area (Å²) in [5.41, 5.74) is 9.57. The highest BCUT2D eigenvalue weighted by Gasteiger charge is 2.58. The number of imidazole rings is 1. The SMILES string of the molecule is CCC[C@@]1(n2cnc3c(N)nc(C#N)nc32)O[C@H](C(O)C(N)=O)[C@@H](O)[C@H]1O. The number of hydrogen-bond acceptors (Lipinski definition) is 10. The molecule has 0 spiro atoms. The number of rotatable bonds is 5. The first-order valence-corrected chi connectivity index (χ1v) is 8.19. The van der Waals surface area contributed by atoms with Crippen LogP contribution in [-0.4, -0.2) is 65.2 Å². The molecule has 3 rings (SSSR count). The number of carbonyl (C=O) groups excluding carboxylic acids is 1. The minimum atomic E-state index is -1.84. The van der Waals surface area contributed by atoms with Gasteiger partial charge in [0.2, 0.25) is 11.7 Å². The van der Waals surface area contributed by atoms with E-state index in [9.17, 15) is 20.1 Å². The van der Waals surface area contributed by atoms with Crippen LogP contribution in [0.1, 0.15) is 25.6 Å². The van der Waals surface area contributed by atoms with E-state index in [-0.39, 0.29) is 29.2 Å².